The number of halogens is 1. The summed E-state index contributed by atoms with van der Waals surface area (Å²) >= 11 is 0. The third-order valence-electron chi connectivity index (χ3n) is 4.80. The van der Waals surface area contributed by atoms with Gasteiger partial charge >= 0.3 is 5.97 Å². The molecule has 0 radical (unpaired) electrons. The molecule has 0 unspecified atom stereocenters. The lowest BCUT2D eigenvalue weighted by atomic mass is 10.1. The molecule has 158 valence electrons. The minimum Gasteiger partial charge on any atom is -0.505 e. The zero-order valence-electron chi connectivity index (χ0n) is 16.4. The number of amides is 1. The zero-order chi connectivity index (χ0) is 22.8. The number of para-hydroxylation sites is 1. The number of aromatic hydroxyl groups is 1. The number of carbonyl (C=O) groups excluding carboxylic acids is 1. The lowest BCUT2D eigenvalue weighted by molar-refractivity contribution is -0.135. The Hall–Kier alpha value is -4.71. The van der Waals surface area contributed by atoms with Gasteiger partial charge in [0.15, 0.2) is 17.1 Å². The number of carboxylic acids is 1. The molecule has 2 heterocycles. The molecule has 8 nitrogen and oxygen atoms in total. The van der Waals surface area contributed by atoms with Crippen LogP contribution in [0.25, 0.3) is 27.8 Å². The maximum Gasteiger partial charge on any atom is 0.322 e. The summed E-state index contributed by atoms with van der Waals surface area (Å²) in [7, 11) is 0. The fourth-order valence-electron chi connectivity index (χ4n) is 3.42. The molecular formula is C23H15FN4O4. The molecule has 0 aliphatic heterocycles. The summed E-state index contributed by atoms with van der Waals surface area (Å²) in [4.78, 5) is 27.2. The van der Waals surface area contributed by atoms with E-state index in [-0.39, 0.29) is 16.6 Å². The Morgan fingerprint density at radius 3 is 2.44 bits per heavy atom. The number of rotatable bonds is 5. The predicted octanol–water partition coefficient (Wildman–Crippen LogP) is 3.22. The summed E-state index contributed by atoms with van der Waals surface area (Å²) in [6.45, 7) is -0.675. The standard InChI is InChI=1S/C23H15FN4O4/c24-14-8-6-13(7-9-14)18-10-16-21(28(18)15-4-2-1-3-5-15)17(11-25)27-20(22(16)31)23(32)26-12-19(29)30/h1-10,31H,12H2,(H,26,32)(H,29,30). The van der Waals surface area contributed by atoms with Crippen LogP contribution in [0.5, 0.6) is 5.75 Å². The van der Waals surface area contributed by atoms with Gasteiger partial charge in [-0.3, -0.25) is 9.59 Å². The average Bonchev–Trinajstić information content (AvgIpc) is 3.20. The lowest BCUT2D eigenvalue weighted by Gasteiger charge is -2.12. The lowest BCUT2D eigenvalue weighted by Crippen LogP contribution is -2.30. The van der Waals surface area contributed by atoms with Gasteiger partial charge in [-0.2, -0.15) is 5.26 Å². The van der Waals surface area contributed by atoms with Gasteiger partial charge in [-0.25, -0.2) is 9.37 Å². The van der Waals surface area contributed by atoms with Crippen LogP contribution in [0.15, 0.2) is 60.7 Å². The molecule has 2 aromatic heterocycles. The number of aromatic nitrogens is 2. The molecule has 0 spiro atoms. The Kier molecular flexibility index (Phi) is 5.27. The smallest absolute Gasteiger partial charge is 0.322 e. The first kappa shape index (κ1) is 20.6. The highest BCUT2D eigenvalue weighted by molar-refractivity contribution is 6.05. The summed E-state index contributed by atoms with van der Waals surface area (Å²) in [6.07, 6.45) is 0. The first-order valence-electron chi connectivity index (χ1n) is 9.40. The second-order valence-electron chi connectivity index (χ2n) is 6.82. The van der Waals surface area contributed by atoms with Gasteiger partial charge in [0.25, 0.3) is 5.91 Å². The van der Waals surface area contributed by atoms with Crippen molar-refractivity contribution in [1.82, 2.24) is 14.9 Å². The van der Waals surface area contributed by atoms with Gasteiger partial charge in [0, 0.05) is 11.1 Å². The molecule has 3 N–H and O–H groups in total. The van der Waals surface area contributed by atoms with Gasteiger partial charge in [-0.15, -0.1) is 0 Å². The monoisotopic (exact) mass is 430 g/mol. The summed E-state index contributed by atoms with van der Waals surface area (Å²) in [6, 6.07) is 18.2. The van der Waals surface area contributed by atoms with E-state index in [4.69, 9.17) is 5.11 Å². The average molecular weight is 430 g/mol. The third kappa shape index (κ3) is 3.61. The molecule has 1 amide bonds. The number of pyridine rings is 1. The van der Waals surface area contributed by atoms with Crippen molar-refractivity contribution in [1.29, 1.82) is 5.26 Å². The molecule has 0 saturated carbocycles. The molecular weight excluding hydrogens is 415 g/mol. The number of nitriles is 1. The highest BCUT2D eigenvalue weighted by Gasteiger charge is 2.25. The van der Waals surface area contributed by atoms with Crippen LogP contribution in [0.2, 0.25) is 0 Å². The number of aliphatic carboxylic acids is 1. The van der Waals surface area contributed by atoms with Crippen LogP contribution in [0.1, 0.15) is 16.2 Å². The molecule has 0 saturated heterocycles. The fraction of sp³-hybridized carbons (Fsp3) is 0.0435. The Morgan fingerprint density at radius 2 is 1.81 bits per heavy atom. The first-order valence-corrected chi connectivity index (χ1v) is 9.40. The summed E-state index contributed by atoms with van der Waals surface area (Å²) in [5.74, 6) is -3.12. The minimum atomic E-state index is -1.27. The highest BCUT2D eigenvalue weighted by atomic mass is 19.1. The van der Waals surface area contributed by atoms with E-state index < -0.39 is 35.7 Å². The molecule has 4 aromatic rings. The van der Waals surface area contributed by atoms with E-state index >= 15 is 0 Å². The molecule has 0 atom stereocenters. The largest absolute Gasteiger partial charge is 0.505 e. The van der Waals surface area contributed by atoms with Gasteiger partial charge in [-0.05, 0) is 48.0 Å². The number of hydrogen-bond acceptors (Lipinski definition) is 5. The van der Waals surface area contributed by atoms with E-state index in [1.165, 1.54) is 12.1 Å². The van der Waals surface area contributed by atoms with Crippen molar-refractivity contribution in [3.8, 4) is 28.8 Å². The third-order valence-corrected chi connectivity index (χ3v) is 4.80. The highest BCUT2D eigenvalue weighted by Crippen LogP contribution is 2.38. The minimum absolute atomic E-state index is 0.143. The zero-order valence-corrected chi connectivity index (χ0v) is 16.4. The Balaban J connectivity index is 2.03. The van der Waals surface area contributed by atoms with Crippen LogP contribution in [0.3, 0.4) is 0 Å². The quantitative estimate of drug-likeness (QED) is 0.446. The van der Waals surface area contributed by atoms with E-state index in [1.54, 1.807) is 47.0 Å². The normalized spacial score (nSPS) is 10.6. The molecule has 0 bridgehead atoms. The first-order chi connectivity index (χ1) is 15.4. The molecule has 9 heteroatoms. The predicted molar refractivity (Wildman–Crippen MR) is 113 cm³/mol. The topological polar surface area (TPSA) is 128 Å². The van der Waals surface area contributed by atoms with E-state index in [0.29, 0.717) is 16.9 Å². The van der Waals surface area contributed by atoms with E-state index in [1.807, 2.05) is 12.1 Å². The van der Waals surface area contributed by atoms with Crippen LogP contribution in [-0.2, 0) is 4.79 Å². The van der Waals surface area contributed by atoms with E-state index in [2.05, 4.69) is 10.3 Å². The number of nitrogens with one attached hydrogen (secondary N) is 1. The number of benzene rings is 2. The number of fused-ring (bicyclic) bond motifs is 1. The second-order valence-corrected chi connectivity index (χ2v) is 6.82. The van der Waals surface area contributed by atoms with Crippen molar-refractivity contribution in [3.05, 3.63) is 77.9 Å². The maximum atomic E-state index is 13.5. The van der Waals surface area contributed by atoms with Crippen molar-refractivity contribution in [3.63, 3.8) is 0 Å². The Bertz CT molecular complexity index is 1390. The van der Waals surface area contributed by atoms with Gasteiger partial charge in [-0.1, -0.05) is 18.2 Å². The number of carboxylic acid groups (broad SMARTS) is 1. The molecule has 4 rings (SSSR count). The summed E-state index contributed by atoms with van der Waals surface area (Å²) in [5, 5.41) is 31.7. The molecule has 0 aliphatic carbocycles. The molecule has 32 heavy (non-hydrogen) atoms. The number of nitrogens with zero attached hydrogens (tertiary/aromatic N) is 3. The Morgan fingerprint density at radius 1 is 1.12 bits per heavy atom. The van der Waals surface area contributed by atoms with Gasteiger partial charge < -0.3 is 20.1 Å². The van der Waals surface area contributed by atoms with Crippen molar-refractivity contribution in [2.75, 3.05) is 6.54 Å². The van der Waals surface area contributed by atoms with Crippen molar-refractivity contribution in [2.24, 2.45) is 0 Å². The second kappa shape index (κ2) is 8.20. The van der Waals surface area contributed by atoms with Crippen LogP contribution < -0.4 is 5.32 Å². The fourth-order valence-corrected chi connectivity index (χ4v) is 3.42. The van der Waals surface area contributed by atoms with E-state index in [9.17, 15) is 24.3 Å². The molecule has 0 aliphatic rings. The SMILES string of the molecule is N#Cc1nc(C(=O)NCC(=O)O)c(O)c2cc(-c3ccc(F)cc3)n(-c3ccccc3)c12. The van der Waals surface area contributed by atoms with Crippen LogP contribution >= 0.6 is 0 Å². The van der Waals surface area contributed by atoms with Crippen molar-refractivity contribution >= 4 is 22.8 Å². The van der Waals surface area contributed by atoms with Crippen molar-refractivity contribution < 1.29 is 24.2 Å². The van der Waals surface area contributed by atoms with Gasteiger partial charge in [0.1, 0.15) is 18.4 Å². The van der Waals surface area contributed by atoms with Crippen molar-refractivity contribution in [2.45, 2.75) is 0 Å². The molecule has 2 aromatic carbocycles. The molecule has 0 fully saturated rings. The van der Waals surface area contributed by atoms with Gasteiger partial charge in [0.2, 0.25) is 0 Å². The maximum absolute atomic E-state index is 13.5. The summed E-state index contributed by atoms with van der Waals surface area (Å²) in [5.41, 5.74) is 1.43. The van der Waals surface area contributed by atoms with Crippen LogP contribution in [0, 0.1) is 17.1 Å². The number of hydrogen-bond donors (Lipinski definition) is 3. The van der Waals surface area contributed by atoms with Crippen LogP contribution in [0.4, 0.5) is 4.39 Å². The van der Waals surface area contributed by atoms with Crippen LogP contribution in [-0.4, -0.2) is 38.2 Å². The summed E-state index contributed by atoms with van der Waals surface area (Å²) < 4.78 is 15.2. The number of carbonyl (C=O) groups is 2. The Labute approximate surface area is 180 Å². The van der Waals surface area contributed by atoms with Gasteiger partial charge in [0.05, 0.1) is 11.2 Å². The van der Waals surface area contributed by atoms with E-state index in [0.717, 1.165) is 0 Å².